The summed E-state index contributed by atoms with van der Waals surface area (Å²) in [6.07, 6.45) is 0.573. The minimum absolute atomic E-state index is 0.0753. The van der Waals surface area contributed by atoms with Crippen LogP contribution < -0.4 is 10.1 Å². The summed E-state index contributed by atoms with van der Waals surface area (Å²) in [7, 11) is 0. The summed E-state index contributed by atoms with van der Waals surface area (Å²) in [6, 6.07) is 4.14. The van der Waals surface area contributed by atoms with Crippen molar-refractivity contribution < 1.29 is 18.7 Å². The van der Waals surface area contributed by atoms with Gasteiger partial charge in [-0.3, -0.25) is 4.79 Å². The Labute approximate surface area is 111 Å². The molecule has 2 rings (SSSR count). The second-order valence-corrected chi connectivity index (χ2v) is 4.58. The van der Waals surface area contributed by atoms with E-state index in [2.05, 4.69) is 5.32 Å². The van der Waals surface area contributed by atoms with Crippen molar-refractivity contribution >= 4 is 5.97 Å². The highest BCUT2D eigenvalue weighted by Gasteiger charge is 2.24. The molecule has 2 atom stereocenters. The number of hydrogen-bond donors (Lipinski definition) is 1. The Kier molecular flexibility index (Phi) is 4.37. The molecule has 2 unspecified atom stereocenters. The molecule has 0 saturated heterocycles. The number of nitrogens with one attached hydrogen (secondary N) is 1. The van der Waals surface area contributed by atoms with Crippen LogP contribution in [0.1, 0.15) is 19.4 Å². The van der Waals surface area contributed by atoms with Gasteiger partial charge in [-0.15, -0.1) is 0 Å². The van der Waals surface area contributed by atoms with E-state index in [9.17, 15) is 9.18 Å². The average molecular weight is 267 g/mol. The summed E-state index contributed by atoms with van der Waals surface area (Å²) in [6.45, 7) is 4.42. The molecule has 1 aromatic rings. The molecule has 104 valence electrons. The Morgan fingerprint density at radius 2 is 2.42 bits per heavy atom. The zero-order chi connectivity index (χ0) is 13.8. The number of carbonyl (C=O) groups is 1. The van der Waals surface area contributed by atoms with Gasteiger partial charge in [0.05, 0.1) is 6.61 Å². The number of benzene rings is 1. The van der Waals surface area contributed by atoms with Crippen LogP contribution in [0.5, 0.6) is 5.75 Å². The highest BCUT2D eigenvalue weighted by molar-refractivity contribution is 5.75. The van der Waals surface area contributed by atoms with Crippen LogP contribution in [-0.2, 0) is 16.0 Å². The molecule has 0 spiro atoms. The minimum Gasteiger partial charge on any atom is -0.488 e. The van der Waals surface area contributed by atoms with E-state index in [0.717, 1.165) is 11.3 Å². The van der Waals surface area contributed by atoms with Crippen LogP contribution in [0.2, 0.25) is 0 Å². The van der Waals surface area contributed by atoms with E-state index in [1.165, 1.54) is 12.1 Å². The van der Waals surface area contributed by atoms with Crippen LogP contribution in [0.3, 0.4) is 0 Å². The van der Waals surface area contributed by atoms with Gasteiger partial charge in [-0.25, -0.2) is 4.39 Å². The normalized spacial score (nSPS) is 18.6. The first-order chi connectivity index (χ1) is 9.10. The fourth-order valence-corrected chi connectivity index (χ4v) is 2.06. The molecule has 1 aromatic carbocycles. The van der Waals surface area contributed by atoms with Gasteiger partial charge in [0.1, 0.15) is 23.7 Å². The maximum absolute atomic E-state index is 13.1. The van der Waals surface area contributed by atoms with Crippen LogP contribution >= 0.6 is 0 Å². The van der Waals surface area contributed by atoms with Gasteiger partial charge in [0.25, 0.3) is 0 Å². The quantitative estimate of drug-likeness (QED) is 0.824. The van der Waals surface area contributed by atoms with Crippen molar-refractivity contribution in [1.82, 2.24) is 5.32 Å². The molecule has 0 aliphatic carbocycles. The molecule has 0 radical (unpaired) electrons. The third-order valence-electron chi connectivity index (χ3n) is 3.06. The van der Waals surface area contributed by atoms with Crippen molar-refractivity contribution in [3.63, 3.8) is 0 Å². The van der Waals surface area contributed by atoms with Crippen molar-refractivity contribution in [2.24, 2.45) is 0 Å². The number of halogens is 1. The van der Waals surface area contributed by atoms with Crippen molar-refractivity contribution in [2.45, 2.75) is 32.4 Å². The predicted octanol–water partition coefficient (Wildman–Crippen LogP) is 1.67. The Balaban J connectivity index is 1.82. The molecule has 4 nitrogen and oxygen atoms in total. The molecule has 19 heavy (non-hydrogen) atoms. The van der Waals surface area contributed by atoms with Gasteiger partial charge in [0.2, 0.25) is 0 Å². The van der Waals surface area contributed by atoms with E-state index >= 15 is 0 Å². The maximum atomic E-state index is 13.1. The Morgan fingerprint density at radius 1 is 1.63 bits per heavy atom. The zero-order valence-corrected chi connectivity index (χ0v) is 11.1. The summed E-state index contributed by atoms with van der Waals surface area (Å²) in [5.41, 5.74) is 0.871. The molecule has 1 aliphatic heterocycles. The lowest BCUT2D eigenvalue weighted by Crippen LogP contribution is -2.41. The molecule has 0 fully saturated rings. The van der Waals surface area contributed by atoms with Crippen LogP contribution in [0.15, 0.2) is 18.2 Å². The number of ether oxygens (including phenoxy) is 2. The molecule has 0 amide bonds. The molecule has 0 saturated carbocycles. The Bertz CT molecular complexity index is 464. The van der Waals surface area contributed by atoms with Crippen LogP contribution in [0, 0.1) is 5.82 Å². The molecule has 0 bridgehead atoms. The summed E-state index contributed by atoms with van der Waals surface area (Å²) in [5, 5.41) is 3.07. The summed E-state index contributed by atoms with van der Waals surface area (Å²) < 4.78 is 23.6. The van der Waals surface area contributed by atoms with Gasteiger partial charge in [0, 0.05) is 18.5 Å². The van der Waals surface area contributed by atoms with E-state index < -0.39 is 0 Å². The average Bonchev–Trinajstić information content (AvgIpc) is 2.78. The summed E-state index contributed by atoms with van der Waals surface area (Å²) in [5.74, 6) is 0.192. The predicted molar refractivity (Wildman–Crippen MR) is 68.6 cm³/mol. The first-order valence-electron chi connectivity index (χ1n) is 6.45. The molecule has 5 heteroatoms. The van der Waals surface area contributed by atoms with Gasteiger partial charge in [-0.1, -0.05) is 0 Å². The standard InChI is InChI=1S/C14H18FNO3/c1-3-18-14(17)9(2)16-8-12-7-10-6-11(15)4-5-13(10)19-12/h4-6,9,12,16H,3,7-8H2,1-2H3. The number of carbonyl (C=O) groups excluding carboxylic acids is 1. The van der Waals surface area contributed by atoms with E-state index in [-0.39, 0.29) is 23.9 Å². The number of fused-ring (bicyclic) bond motifs is 1. The highest BCUT2D eigenvalue weighted by atomic mass is 19.1. The summed E-state index contributed by atoms with van der Waals surface area (Å²) in [4.78, 5) is 11.4. The molecular formula is C14H18FNO3. The monoisotopic (exact) mass is 267 g/mol. The Hall–Kier alpha value is -1.62. The van der Waals surface area contributed by atoms with Crippen LogP contribution in [-0.4, -0.2) is 31.3 Å². The van der Waals surface area contributed by atoms with Crippen molar-refractivity contribution in [2.75, 3.05) is 13.2 Å². The fourth-order valence-electron chi connectivity index (χ4n) is 2.06. The smallest absolute Gasteiger partial charge is 0.322 e. The second kappa shape index (κ2) is 6.02. The second-order valence-electron chi connectivity index (χ2n) is 4.58. The largest absolute Gasteiger partial charge is 0.488 e. The van der Waals surface area contributed by atoms with Gasteiger partial charge < -0.3 is 14.8 Å². The summed E-state index contributed by atoms with van der Waals surface area (Å²) >= 11 is 0. The molecular weight excluding hydrogens is 249 g/mol. The first-order valence-corrected chi connectivity index (χ1v) is 6.45. The van der Waals surface area contributed by atoms with E-state index in [1.807, 2.05) is 0 Å². The lowest BCUT2D eigenvalue weighted by atomic mass is 10.1. The number of hydrogen-bond acceptors (Lipinski definition) is 4. The van der Waals surface area contributed by atoms with Crippen LogP contribution in [0.4, 0.5) is 4.39 Å². The van der Waals surface area contributed by atoms with E-state index in [4.69, 9.17) is 9.47 Å². The molecule has 1 heterocycles. The van der Waals surface area contributed by atoms with Crippen molar-refractivity contribution in [3.05, 3.63) is 29.6 Å². The maximum Gasteiger partial charge on any atom is 0.322 e. The number of esters is 1. The number of rotatable bonds is 5. The molecule has 0 aromatic heterocycles. The first kappa shape index (κ1) is 13.8. The lowest BCUT2D eigenvalue weighted by molar-refractivity contribution is -0.145. The van der Waals surface area contributed by atoms with Gasteiger partial charge in [0.15, 0.2) is 0 Å². The van der Waals surface area contributed by atoms with Gasteiger partial charge in [-0.05, 0) is 32.0 Å². The third-order valence-corrected chi connectivity index (χ3v) is 3.06. The van der Waals surface area contributed by atoms with Gasteiger partial charge >= 0.3 is 5.97 Å². The molecule has 1 N–H and O–H groups in total. The van der Waals surface area contributed by atoms with Crippen molar-refractivity contribution in [3.8, 4) is 5.75 Å². The lowest BCUT2D eigenvalue weighted by Gasteiger charge is -2.16. The third kappa shape index (κ3) is 3.44. The highest BCUT2D eigenvalue weighted by Crippen LogP contribution is 2.28. The SMILES string of the molecule is CCOC(=O)C(C)NCC1Cc2cc(F)ccc2O1. The van der Waals surface area contributed by atoms with Crippen molar-refractivity contribution in [1.29, 1.82) is 0 Å². The topological polar surface area (TPSA) is 47.6 Å². The minimum atomic E-state index is -0.371. The Morgan fingerprint density at radius 3 is 3.16 bits per heavy atom. The fraction of sp³-hybridized carbons (Fsp3) is 0.500. The van der Waals surface area contributed by atoms with E-state index in [1.54, 1.807) is 19.9 Å². The van der Waals surface area contributed by atoms with E-state index in [0.29, 0.717) is 19.6 Å². The van der Waals surface area contributed by atoms with Gasteiger partial charge in [-0.2, -0.15) is 0 Å². The zero-order valence-electron chi connectivity index (χ0n) is 11.1. The van der Waals surface area contributed by atoms with Crippen LogP contribution in [0.25, 0.3) is 0 Å². The molecule has 1 aliphatic rings.